The van der Waals surface area contributed by atoms with Crippen molar-refractivity contribution in [3.05, 3.63) is 12.2 Å². The topological polar surface area (TPSA) is 0 Å². The Labute approximate surface area is 109 Å². The lowest BCUT2D eigenvalue weighted by atomic mass is 9.69. The fourth-order valence-electron chi connectivity index (χ4n) is 5.87. The first-order valence-corrected chi connectivity index (χ1v) is 9.67. The van der Waals surface area contributed by atoms with E-state index in [4.69, 9.17) is 0 Å². The molecule has 4 aliphatic carbocycles. The molecule has 4 rings (SSSR count). The highest BCUT2D eigenvalue weighted by molar-refractivity contribution is 7.95. The second kappa shape index (κ2) is 3.79. The molecule has 7 unspecified atom stereocenters. The van der Waals surface area contributed by atoms with Crippen LogP contribution in [0, 0.1) is 41.4 Å². The highest BCUT2D eigenvalue weighted by atomic mass is 32.2. The van der Waals surface area contributed by atoms with E-state index in [1.807, 2.05) is 0 Å². The quantitative estimate of drug-likeness (QED) is 0.409. The van der Waals surface area contributed by atoms with Crippen LogP contribution < -0.4 is 0 Å². The molecule has 0 saturated heterocycles. The SMILES string of the molecule is C[S+](C)CCC1CC2CC1C1C3C=CC(C3)C21. The van der Waals surface area contributed by atoms with Crippen LogP contribution in [0.5, 0.6) is 0 Å². The van der Waals surface area contributed by atoms with Gasteiger partial charge >= 0.3 is 0 Å². The molecule has 0 nitrogen and oxygen atoms in total. The molecular formula is C16H25S+. The molecule has 0 amide bonds. The van der Waals surface area contributed by atoms with Gasteiger partial charge in [0.15, 0.2) is 0 Å². The van der Waals surface area contributed by atoms with E-state index < -0.39 is 0 Å². The second-order valence-corrected chi connectivity index (χ2v) is 9.62. The third kappa shape index (κ3) is 1.50. The first-order chi connectivity index (χ1) is 8.24. The van der Waals surface area contributed by atoms with Crippen molar-refractivity contribution < 1.29 is 0 Å². The third-order valence-electron chi connectivity index (χ3n) is 6.30. The standard InChI is InChI=1S/C16H25S/c1-17(2)6-5-10-7-13-9-14(10)16-12-4-3-11(8-12)15(13)16/h3-4,10-16H,5-9H2,1-2H3/q+1. The molecule has 0 N–H and O–H groups in total. The first kappa shape index (κ1) is 11.0. The van der Waals surface area contributed by atoms with Crippen molar-refractivity contribution in [3.63, 3.8) is 0 Å². The maximum absolute atomic E-state index is 2.58. The fraction of sp³-hybridized carbons (Fsp3) is 0.875. The molecular weight excluding hydrogens is 224 g/mol. The normalized spacial score (nSPS) is 53.9. The molecule has 0 aliphatic heterocycles. The Morgan fingerprint density at radius 1 is 1.00 bits per heavy atom. The van der Waals surface area contributed by atoms with Gasteiger partial charge in [0.1, 0.15) is 5.75 Å². The molecule has 3 saturated carbocycles. The van der Waals surface area contributed by atoms with Crippen LogP contribution in [0.4, 0.5) is 0 Å². The summed E-state index contributed by atoms with van der Waals surface area (Å²) in [5, 5.41) is 0. The molecule has 0 aromatic heterocycles. The predicted octanol–water partition coefficient (Wildman–Crippen LogP) is 3.35. The van der Waals surface area contributed by atoms with Gasteiger partial charge in [-0.05, 0) is 78.0 Å². The summed E-state index contributed by atoms with van der Waals surface area (Å²) in [5.41, 5.74) is 0. The molecule has 0 aromatic carbocycles. The fourth-order valence-corrected chi connectivity index (χ4v) is 6.65. The van der Waals surface area contributed by atoms with E-state index in [0.717, 1.165) is 41.4 Å². The summed E-state index contributed by atoms with van der Waals surface area (Å²) in [5.74, 6) is 9.15. The highest BCUT2D eigenvalue weighted by Crippen LogP contribution is 2.67. The number of allylic oxidation sites excluding steroid dienone is 2. The van der Waals surface area contributed by atoms with Gasteiger partial charge in [-0.2, -0.15) is 0 Å². The molecule has 0 heterocycles. The van der Waals surface area contributed by atoms with Crippen molar-refractivity contribution in [2.24, 2.45) is 41.4 Å². The van der Waals surface area contributed by atoms with Gasteiger partial charge in [0.05, 0.1) is 12.5 Å². The van der Waals surface area contributed by atoms with E-state index >= 15 is 0 Å². The summed E-state index contributed by atoms with van der Waals surface area (Å²) < 4.78 is 0. The number of rotatable bonds is 3. The largest absolute Gasteiger partial charge is 0.107 e. The monoisotopic (exact) mass is 249 g/mol. The molecule has 0 aromatic rings. The minimum atomic E-state index is 0.664. The van der Waals surface area contributed by atoms with E-state index in [1.165, 1.54) is 12.2 Å². The number of hydrogen-bond acceptors (Lipinski definition) is 0. The van der Waals surface area contributed by atoms with Crippen molar-refractivity contribution in [2.45, 2.75) is 25.7 Å². The summed E-state index contributed by atoms with van der Waals surface area (Å²) >= 11 is 0. The van der Waals surface area contributed by atoms with E-state index in [0.29, 0.717) is 10.9 Å². The zero-order valence-corrected chi connectivity index (χ0v) is 12.0. The number of hydrogen-bond donors (Lipinski definition) is 0. The smallest absolute Gasteiger partial charge is 0.0848 e. The van der Waals surface area contributed by atoms with Gasteiger partial charge in [-0.15, -0.1) is 0 Å². The van der Waals surface area contributed by atoms with Crippen LogP contribution in [-0.2, 0) is 10.9 Å². The van der Waals surface area contributed by atoms with Crippen molar-refractivity contribution in [3.8, 4) is 0 Å². The van der Waals surface area contributed by atoms with Crippen molar-refractivity contribution in [2.75, 3.05) is 18.3 Å². The molecule has 3 fully saturated rings. The summed E-state index contributed by atoms with van der Waals surface area (Å²) in [6.45, 7) is 0. The summed E-state index contributed by atoms with van der Waals surface area (Å²) in [7, 11) is 0.664. The summed E-state index contributed by atoms with van der Waals surface area (Å²) in [4.78, 5) is 0. The first-order valence-electron chi connectivity index (χ1n) is 7.46. The van der Waals surface area contributed by atoms with Gasteiger partial charge in [-0.1, -0.05) is 12.2 Å². The van der Waals surface area contributed by atoms with Crippen LogP contribution in [0.2, 0.25) is 0 Å². The summed E-state index contributed by atoms with van der Waals surface area (Å²) in [6.07, 6.45) is 16.2. The van der Waals surface area contributed by atoms with Gasteiger partial charge < -0.3 is 0 Å². The Kier molecular flexibility index (Phi) is 2.44. The molecule has 94 valence electrons. The Morgan fingerprint density at radius 2 is 1.76 bits per heavy atom. The molecule has 1 heteroatoms. The van der Waals surface area contributed by atoms with Crippen molar-refractivity contribution in [1.82, 2.24) is 0 Å². The van der Waals surface area contributed by atoms with Crippen LogP contribution in [0.1, 0.15) is 25.7 Å². The van der Waals surface area contributed by atoms with Crippen LogP contribution in [0.3, 0.4) is 0 Å². The molecule has 4 aliphatic rings. The molecule has 7 atom stereocenters. The lowest BCUT2D eigenvalue weighted by molar-refractivity contribution is 0.148. The zero-order valence-electron chi connectivity index (χ0n) is 11.1. The van der Waals surface area contributed by atoms with Gasteiger partial charge in [0.25, 0.3) is 0 Å². The second-order valence-electron chi connectivity index (χ2n) is 7.24. The van der Waals surface area contributed by atoms with Gasteiger partial charge in [-0.3, -0.25) is 0 Å². The minimum absolute atomic E-state index is 0.664. The van der Waals surface area contributed by atoms with E-state index in [1.54, 1.807) is 19.3 Å². The predicted molar refractivity (Wildman–Crippen MR) is 76.1 cm³/mol. The Balaban J connectivity index is 1.50. The van der Waals surface area contributed by atoms with Gasteiger partial charge in [0.2, 0.25) is 0 Å². The van der Waals surface area contributed by atoms with E-state index in [9.17, 15) is 0 Å². The Morgan fingerprint density at radius 3 is 2.53 bits per heavy atom. The van der Waals surface area contributed by atoms with Crippen LogP contribution >= 0.6 is 0 Å². The van der Waals surface area contributed by atoms with Gasteiger partial charge in [-0.25, -0.2) is 0 Å². The van der Waals surface area contributed by atoms with Crippen molar-refractivity contribution in [1.29, 1.82) is 0 Å². The van der Waals surface area contributed by atoms with E-state index in [-0.39, 0.29) is 0 Å². The highest BCUT2D eigenvalue weighted by Gasteiger charge is 2.60. The van der Waals surface area contributed by atoms with Crippen LogP contribution in [-0.4, -0.2) is 18.3 Å². The Bertz CT molecular complexity index is 345. The van der Waals surface area contributed by atoms with Gasteiger partial charge in [0, 0.05) is 0 Å². The average molecular weight is 249 g/mol. The molecule has 0 spiro atoms. The lowest BCUT2D eigenvalue weighted by Gasteiger charge is -2.36. The molecule has 17 heavy (non-hydrogen) atoms. The molecule has 0 radical (unpaired) electrons. The minimum Gasteiger partial charge on any atom is -0.0848 e. The van der Waals surface area contributed by atoms with E-state index in [2.05, 4.69) is 24.7 Å². The Hall–Kier alpha value is 0.0900. The number of fused-ring (bicyclic) bond motifs is 9. The molecule has 4 bridgehead atoms. The van der Waals surface area contributed by atoms with Crippen LogP contribution in [0.15, 0.2) is 12.2 Å². The average Bonchev–Trinajstić information content (AvgIpc) is 3.03. The zero-order chi connectivity index (χ0) is 11.6. The maximum Gasteiger partial charge on any atom is 0.107 e. The summed E-state index contributed by atoms with van der Waals surface area (Å²) in [6, 6.07) is 0. The third-order valence-corrected chi connectivity index (χ3v) is 7.36. The lowest BCUT2D eigenvalue weighted by Crippen LogP contribution is -2.31. The van der Waals surface area contributed by atoms with Crippen LogP contribution in [0.25, 0.3) is 0 Å². The van der Waals surface area contributed by atoms with Crippen molar-refractivity contribution >= 4 is 10.9 Å². The maximum atomic E-state index is 2.58.